The van der Waals surface area contributed by atoms with Gasteiger partial charge in [0.15, 0.2) is 0 Å². The number of carbonyl (C=O) groups excluding carboxylic acids is 1. The van der Waals surface area contributed by atoms with Gasteiger partial charge in [0.25, 0.3) is 0 Å². The molecule has 1 amide bonds. The third kappa shape index (κ3) is 2.67. The van der Waals surface area contributed by atoms with Crippen LogP contribution in [0, 0.1) is 11.8 Å². The van der Waals surface area contributed by atoms with E-state index in [4.69, 9.17) is 4.18 Å². The lowest BCUT2D eigenvalue weighted by atomic mass is 10.2. The normalized spacial score (nSPS) is 31.1. The van der Waals surface area contributed by atoms with E-state index in [1.54, 1.807) is 0 Å². The maximum Gasteiger partial charge on any atom is 0.234 e. The van der Waals surface area contributed by atoms with Crippen LogP contribution < -0.4 is 4.72 Å². The van der Waals surface area contributed by atoms with Crippen LogP contribution >= 0.6 is 12.2 Å². The molecule has 2 fully saturated rings. The zero-order valence-electron chi connectivity index (χ0n) is 9.41. The van der Waals surface area contributed by atoms with E-state index >= 15 is 0 Å². The lowest BCUT2D eigenvalue weighted by Crippen LogP contribution is -2.21. The van der Waals surface area contributed by atoms with Crippen molar-refractivity contribution in [3.63, 3.8) is 0 Å². The van der Waals surface area contributed by atoms with Crippen LogP contribution in [0.2, 0.25) is 0 Å². The van der Waals surface area contributed by atoms with Gasteiger partial charge in [0.2, 0.25) is 5.91 Å². The van der Waals surface area contributed by atoms with E-state index in [-0.39, 0.29) is 17.4 Å². The van der Waals surface area contributed by atoms with Crippen molar-refractivity contribution in [2.45, 2.75) is 51.6 Å². The smallest absolute Gasteiger partial charge is 0.234 e. The Morgan fingerprint density at radius 3 is 2.73 bits per heavy atom. The highest BCUT2D eigenvalue weighted by molar-refractivity contribution is 7.93. The molecule has 1 N–H and O–H groups in total. The van der Waals surface area contributed by atoms with Crippen molar-refractivity contribution in [1.29, 1.82) is 0 Å². The van der Waals surface area contributed by atoms with Crippen molar-refractivity contribution in [2.24, 2.45) is 11.8 Å². The summed E-state index contributed by atoms with van der Waals surface area (Å²) < 4.78 is 8.39. The van der Waals surface area contributed by atoms with Crippen molar-refractivity contribution >= 4 is 18.1 Å². The van der Waals surface area contributed by atoms with Gasteiger partial charge in [0.05, 0.1) is 5.60 Å². The number of amides is 1. The summed E-state index contributed by atoms with van der Waals surface area (Å²) in [5.41, 5.74) is 0.0751. The minimum Gasteiger partial charge on any atom is -0.290 e. The summed E-state index contributed by atoms with van der Waals surface area (Å²) >= 11 is 1.14. The summed E-state index contributed by atoms with van der Waals surface area (Å²) in [5.74, 6) is 1.02. The zero-order chi connectivity index (χ0) is 10.9. The van der Waals surface area contributed by atoms with Gasteiger partial charge in [-0.15, -0.1) is 0 Å². The Balaban J connectivity index is 1.60. The Labute approximate surface area is 95.7 Å². The van der Waals surface area contributed by atoms with Crippen molar-refractivity contribution in [2.75, 3.05) is 0 Å². The lowest BCUT2D eigenvalue weighted by Gasteiger charge is -2.12. The largest absolute Gasteiger partial charge is 0.290 e. The van der Waals surface area contributed by atoms with Gasteiger partial charge in [-0.05, 0) is 31.6 Å². The van der Waals surface area contributed by atoms with Crippen molar-refractivity contribution in [3.05, 3.63) is 0 Å². The van der Waals surface area contributed by atoms with Gasteiger partial charge < -0.3 is 0 Å². The van der Waals surface area contributed by atoms with Gasteiger partial charge in [0.1, 0.15) is 12.2 Å². The third-order valence-electron chi connectivity index (χ3n) is 3.60. The van der Waals surface area contributed by atoms with Crippen LogP contribution in [0.5, 0.6) is 0 Å². The zero-order valence-corrected chi connectivity index (χ0v) is 10.2. The molecule has 0 radical (unpaired) electrons. The van der Waals surface area contributed by atoms with E-state index < -0.39 is 0 Å². The molecule has 0 saturated heterocycles. The highest BCUT2D eigenvalue weighted by Crippen LogP contribution is 2.45. The van der Waals surface area contributed by atoms with Crippen LogP contribution in [-0.2, 0) is 8.98 Å². The van der Waals surface area contributed by atoms with Gasteiger partial charge in [-0.3, -0.25) is 13.7 Å². The van der Waals surface area contributed by atoms with Crippen LogP contribution in [-0.4, -0.2) is 11.5 Å². The van der Waals surface area contributed by atoms with E-state index in [1.807, 2.05) is 0 Å². The van der Waals surface area contributed by atoms with Crippen molar-refractivity contribution < 1.29 is 8.98 Å². The maximum atomic E-state index is 11.6. The highest BCUT2D eigenvalue weighted by atomic mass is 32.2. The number of rotatable bonds is 6. The highest BCUT2D eigenvalue weighted by Gasteiger charge is 2.44. The standard InChI is InChI=1S/C11H19NO2S/c1-3-8-7-9(8)10(13)12-15-14-11(4-2)5-6-11/h8-9H,3-7H2,1-2H3,(H,12,13)/t8-,9+/m1/s1. The van der Waals surface area contributed by atoms with E-state index in [0.29, 0.717) is 5.92 Å². The van der Waals surface area contributed by atoms with Gasteiger partial charge in [-0.25, -0.2) is 0 Å². The van der Waals surface area contributed by atoms with Crippen LogP contribution in [0.1, 0.15) is 46.0 Å². The summed E-state index contributed by atoms with van der Waals surface area (Å²) in [6.45, 7) is 4.27. The average molecular weight is 229 g/mol. The number of nitrogens with one attached hydrogen (secondary N) is 1. The molecule has 0 aromatic carbocycles. The first-order chi connectivity index (χ1) is 7.21. The van der Waals surface area contributed by atoms with E-state index in [1.165, 1.54) is 0 Å². The first-order valence-electron chi connectivity index (χ1n) is 5.85. The molecular weight excluding hydrogens is 210 g/mol. The van der Waals surface area contributed by atoms with E-state index in [9.17, 15) is 4.79 Å². The molecular formula is C11H19NO2S. The van der Waals surface area contributed by atoms with Gasteiger partial charge in [-0.1, -0.05) is 20.3 Å². The Morgan fingerprint density at radius 1 is 1.53 bits per heavy atom. The molecule has 0 aromatic heterocycles. The molecule has 0 unspecified atom stereocenters. The molecule has 0 aliphatic heterocycles. The molecule has 0 spiro atoms. The Hall–Kier alpha value is -0.220. The monoisotopic (exact) mass is 229 g/mol. The van der Waals surface area contributed by atoms with Crippen LogP contribution in [0.4, 0.5) is 0 Å². The molecule has 2 atom stereocenters. The average Bonchev–Trinajstić information content (AvgIpc) is 3.13. The second-order valence-electron chi connectivity index (χ2n) is 4.68. The fourth-order valence-electron chi connectivity index (χ4n) is 1.88. The number of hydrogen-bond acceptors (Lipinski definition) is 3. The Bertz CT molecular complexity index is 253. The molecule has 3 nitrogen and oxygen atoms in total. The Kier molecular flexibility index (Phi) is 3.26. The lowest BCUT2D eigenvalue weighted by molar-refractivity contribution is -0.120. The summed E-state index contributed by atoms with van der Waals surface area (Å²) in [5, 5.41) is 0. The minimum atomic E-state index is 0.0751. The number of hydrogen-bond donors (Lipinski definition) is 1. The van der Waals surface area contributed by atoms with E-state index in [2.05, 4.69) is 18.6 Å². The molecule has 4 heteroatoms. The summed E-state index contributed by atoms with van der Waals surface area (Å²) in [6, 6.07) is 0. The second kappa shape index (κ2) is 4.34. The first kappa shape index (κ1) is 11.3. The fourth-order valence-corrected chi connectivity index (χ4v) is 2.62. The second-order valence-corrected chi connectivity index (χ2v) is 5.22. The summed E-state index contributed by atoms with van der Waals surface area (Å²) in [4.78, 5) is 11.6. The number of carbonyl (C=O) groups is 1. The third-order valence-corrected chi connectivity index (χ3v) is 4.32. The molecule has 0 aromatic rings. The van der Waals surface area contributed by atoms with E-state index in [0.717, 1.165) is 44.3 Å². The molecule has 15 heavy (non-hydrogen) atoms. The Morgan fingerprint density at radius 2 is 2.27 bits per heavy atom. The van der Waals surface area contributed by atoms with Crippen molar-refractivity contribution in [3.8, 4) is 0 Å². The van der Waals surface area contributed by atoms with Crippen LogP contribution in [0.25, 0.3) is 0 Å². The minimum absolute atomic E-state index is 0.0751. The summed E-state index contributed by atoms with van der Waals surface area (Å²) in [6.07, 6.45) is 5.47. The van der Waals surface area contributed by atoms with Crippen molar-refractivity contribution in [1.82, 2.24) is 4.72 Å². The molecule has 86 valence electrons. The molecule has 2 aliphatic rings. The van der Waals surface area contributed by atoms with Crippen LogP contribution in [0.15, 0.2) is 0 Å². The quantitative estimate of drug-likeness (QED) is 0.562. The molecule has 0 heterocycles. The van der Waals surface area contributed by atoms with Gasteiger partial charge in [0, 0.05) is 5.92 Å². The molecule has 2 rings (SSSR count). The molecule has 0 bridgehead atoms. The first-order valence-corrected chi connectivity index (χ1v) is 6.59. The fraction of sp³-hybridized carbons (Fsp3) is 0.909. The van der Waals surface area contributed by atoms with Gasteiger partial charge in [-0.2, -0.15) is 0 Å². The SMILES string of the molecule is CC[C@@H]1C[C@@H]1C(=O)NSOC1(CC)CC1. The predicted molar refractivity (Wildman–Crippen MR) is 61.0 cm³/mol. The maximum absolute atomic E-state index is 11.6. The molecule has 2 saturated carbocycles. The van der Waals surface area contributed by atoms with Gasteiger partial charge >= 0.3 is 0 Å². The topological polar surface area (TPSA) is 38.3 Å². The van der Waals surface area contributed by atoms with Crippen LogP contribution in [0.3, 0.4) is 0 Å². The summed E-state index contributed by atoms with van der Waals surface area (Å²) in [7, 11) is 0. The predicted octanol–water partition coefficient (Wildman–Crippen LogP) is 2.67. The molecule has 2 aliphatic carbocycles.